The number of carbonyl (C=O) groups excluding carboxylic acids is 1. The second kappa shape index (κ2) is 8.44. The van der Waals surface area contributed by atoms with Crippen LogP contribution < -0.4 is 15.4 Å². The van der Waals surface area contributed by atoms with Crippen molar-refractivity contribution in [3.63, 3.8) is 0 Å². The maximum atomic E-state index is 13.5. The van der Waals surface area contributed by atoms with Crippen LogP contribution in [0.1, 0.15) is 12.8 Å². The molecule has 0 saturated carbocycles. The highest BCUT2D eigenvalue weighted by Gasteiger charge is 2.15. The van der Waals surface area contributed by atoms with Gasteiger partial charge in [0.2, 0.25) is 0 Å². The Hall–Kier alpha value is -0.850. The standard InChI is InChI=1S/C13H16BrFN2O2.ClH/c14-9-1-2-12(11(15)7-9)19-8-13(18)17-10-3-5-16-6-4-10;/h1-2,7,10,16H,3-6,8H2,(H,17,18);1H. The van der Waals surface area contributed by atoms with E-state index in [0.717, 1.165) is 25.9 Å². The Morgan fingerprint density at radius 2 is 2.15 bits per heavy atom. The van der Waals surface area contributed by atoms with Gasteiger partial charge in [0.15, 0.2) is 18.2 Å². The maximum absolute atomic E-state index is 13.5. The number of halogens is 3. The summed E-state index contributed by atoms with van der Waals surface area (Å²) in [6, 6.07) is 4.66. The molecule has 1 heterocycles. The van der Waals surface area contributed by atoms with Crippen molar-refractivity contribution in [2.24, 2.45) is 0 Å². The minimum atomic E-state index is -0.482. The van der Waals surface area contributed by atoms with Crippen molar-refractivity contribution in [3.05, 3.63) is 28.5 Å². The minimum absolute atomic E-state index is 0. The van der Waals surface area contributed by atoms with Gasteiger partial charge < -0.3 is 15.4 Å². The van der Waals surface area contributed by atoms with Crippen LogP contribution in [0.25, 0.3) is 0 Å². The number of hydrogen-bond donors (Lipinski definition) is 2. The highest BCUT2D eigenvalue weighted by atomic mass is 79.9. The van der Waals surface area contributed by atoms with Crippen molar-refractivity contribution in [1.82, 2.24) is 10.6 Å². The van der Waals surface area contributed by atoms with E-state index in [2.05, 4.69) is 26.6 Å². The lowest BCUT2D eigenvalue weighted by Gasteiger charge is -2.23. The van der Waals surface area contributed by atoms with Crippen molar-refractivity contribution in [2.75, 3.05) is 19.7 Å². The molecule has 1 saturated heterocycles. The number of nitrogens with one attached hydrogen (secondary N) is 2. The molecule has 2 N–H and O–H groups in total. The van der Waals surface area contributed by atoms with Gasteiger partial charge in [0.05, 0.1) is 0 Å². The van der Waals surface area contributed by atoms with E-state index in [1.165, 1.54) is 12.1 Å². The van der Waals surface area contributed by atoms with Crippen LogP contribution in [0.5, 0.6) is 5.75 Å². The van der Waals surface area contributed by atoms with E-state index < -0.39 is 5.82 Å². The summed E-state index contributed by atoms with van der Waals surface area (Å²) in [6.45, 7) is 1.66. The smallest absolute Gasteiger partial charge is 0.258 e. The molecule has 1 aliphatic heterocycles. The van der Waals surface area contributed by atoms with Crippen molar-refractivity contribution in [1.29, 1.82) is 0 Å². The number of piperidine rings is 1. The van der Waals surface area contributed by atoms with Crippen LogP contribution in [0.3, 0.4) is 0 Å². The largest absolute Gasteiger partial charge is 0.481 e. The lowest BCUT2D eigenvalue weighted by atomic mass is 10.1. The molecule has 7 heteroatoms. The topological polar surface area (TPSA) is 50.4 Å². The molecule has 20 heavy (non-hydrogen) atoms. The van der Waals surface area contributed by atoms with Crippen molar-refractivity contribution in [3.8, 4) is 5.75 Å². The Morgan fingerprint density at radius 3 is 2.80 bits per heavy atom. The molecule has 1 aromatic rings. The molecule has 0 unspecified atom stereocenters. The van der Waals surface area contributed by atoms with E-state index in [0.29, 0.717) is 4.47 Å². The zero-order valence-corrected chi connectivity index (χ0v) is 13.2. The van der Waals surface area contributed by atoms with E-state index in [4.69, 9.17) is 4.74 Å². The lowest BCUT2D eigenvalue weighted by Crippen LogP contribution is -2.44. The molecule has 1 fully saturated rings. The van der Waals surface area contributed by atoms with E-state index in [9.17, 15) is 9.18 Å². The number of amides is 1. The predicted octanol–water partition coefficient (Wildman–Crippen LogP) is 2.26. The Morgan fingerprint density at radius 1 is 1.45 bits per heavy atom. The summed E-state index contributed by atoms with van der Waals surface area (Å²) in [5.74, 6) is -0.609. The van der Waals surface area contributed by atoms with Crippen LogP contribution >= 0.6 is 28.3 Å². The van der Waals surface area contributed by atoms with Gasteiger partial charge in [-0.3, -0.25) is 4.79 Å². The average molecular weight is 368 g/mol. The zero-order valence-electron chi connectivity index (χ0n) is 10.8. The fourth-order valence-corrected chi connectivity index (χ4v) is 2.30. The van der Waals surface area contributed by atoms with Crippen LogP contribution in [0, 0.1) is 5.82 Å². The molecule has 4 nitrogen and oxygen atoms in total. The molecule has 0 spiro atoms. The highest BCUT2D eigenvalue weighted by Crippen LogP contribution is 2.21. The van der Waals surface area contributed by atoms with Crippen LogP contribution in [0.2, 0.25) is 0 Å². The Bertz CT molecular complexity index is 456. The van der Waals surface area contributed by atoms with Crippen molar-refractivity contribution >= 4 is 34.2 Å². The summed E-state index contributed by atoms with van der Waals surface area (Å²) in [4.78, 5) is 11.7. The molecule has 1 aliphatic rings. The Kier molecular flexibility index (Phi) is 7.26. The minimum Gasteiger partial charge on any atom is -0.481 e. The average Bonchev–Trinajstić information content (AvgIpc) is 2.39. The number of rotatable bonds is 4. The van der Waals surface area contributed by atoms with Gasteiger partial charge >= 0.3 is 0 Å². The summed E-state index contributed by atoms with van der Waals surface area (Å²) < 4.78 is 19.3. The van der Waals surface area contributed by atoms with Gasteiger partial charge in [-0.05, 0) is 44.1 Å². The quantitative estimate of drug-likeness (QED) is 0.858. The Balaban J connectivity index is 0.00000200. The third-order valence-corrected chi connectivity index (χ3v) is 3.45. The molecule has 1 aromatic carbocycles. The first-order valence-electron chi connectivity index (χ1n) is 6.23. The summed E-state index contributed by atoms with van der Waals surface area (Å²) in [5, 5.41) is 6.11. The van der Waals surface area contributed by atoms with Crippen LogP contribution in [-0.2, 0) is 4.79 Å². The molecular formula is C13H17BrClFN2O2. The van der Waals surface area contributed by atoms with Crippen molar-refractivity contribution < 1.29 is 13.9 Å². The van der Waals surface area contributed by atoms with Gasteiger partial charge in [-0.25, -0.2) is 4.39 Å². The fourth-order valence-electron chi connectivity index (χ4n) is 1.97. The molecule has 112 valence electrons. The number of hydrogen-bond acceptors (Lipinski definition) is 3. The fraction of sp³-hybridized carbons (Fsp3) is 0.462. The molecular weight excluding hydrogens is 351 g/mol. The third-order valence-electron chi connectivity index (χ3n) is 2.96. The maximum Gasteiger partial charge on any atom is 0.258 e. The second-order valence-electron chi connectivity index (χ2n) is 4.46. The van der Waals surface area contributed by atoms with Crippen LogP contribution in [0.15, 0.2) is 22.7 Å². The molecule has 0 aromatic heterocycles. The molecule has 0 bridgehead atoms. The molecule has 0 radical (unpaired) electrons. The lowest BCUT2D eigenvalue weighted by molar-refractivity contribution is -0.124. The first-order chi connectivity index (χ1) is 9.15. The first kappa shape index (κ1) is 17.2. The third kappa shape index (κ3) is 5.26. The van der Waals surface area contributed by atoms with Gasteiger partial charge in [0, 0.05) is 10.5 Å². The summed E-state index contributed by atoms with van der Waals surface area (Å²) in [5.41, 5.74) is 0. The SMILES string of the molecule is Cl.O=C(COc1ccc(Br)cc1F)NC1CCNCC1. The number of benzene rings is 1. The molecule has 0 atom stereocenters. The van der Waals surface area contributed by atoms with Crippen LogP contribution in [0.4, 0.5) is 4.39 Å². The summed E-state index contributed by atoms with van der Waals surface area (Å²) >= 11 is 3.16. The predicted molar refractivity (Wildman–Crippen MR) is 80.9 cm³/mol. The number of carbonyl (C=O) groups is 1. The molecule has 0 aliphatic carbocycles. The van der Waals surface area contributed by atoms with Gasteiger partial charge in [-0.15, -0.1) is 12.4 Å². The van der Waals surface area contributed by atoms with Gasteiger partial charge in [0.1, 0.15) is 0 Å². The number of ether oxygens (including phenoxy) is 1. The van der Waals surface area contributed by atoms with Gasteiger partial charge in [-0.1, -0.05) is 15.9 Å². The monoisotopic (exact) mass is 366 g/mol. The van der Waals surface area contributed by atoms with E-state index in [-0.39, 0.29) is 36.7 Å². The van der Waals surface area contributed by atoms with E-state index in [1.807, 2.05) is 0 Å². The highest BCUT2D eigenvalue weighted by molar-refractivity contribution is 9.10. The van der Waals surface area contributed by atoms with Crippen molar-refractivity contribution in [2.45, 2.75) is 18.9 Å². The molecule has 1 amide bonds. The van der Waals surface area contributed by atoms with E-state index >= 15 is 0 Å². The molecule has 2 rings (SSSR count). The van der Waals surface area contributed by atoms with Gasteiger partial charge in [0.25, 0.3) is 5.91 Å². The Labute approximate surface area is 132 Å². The summed E-state index contributed by atoms with van der Waals surface area (Å²) in [6.07, 6.45) is 1.83. The zero-order chi connectivity index (χ0) is 13.7. The van der Waals surface area contributed by atoms with E-state index in [1.54, 1.807) is 6.07 Å². The van der Waals surface area contributed by atoms with Crippen LogP contribution in [-0.4, -0.2) is 31.6 Å². The normalized spacial score (nSPS) is 15.3. The summed E-state index contributed by atoms with van der Waals surface area (Å²) in [7, 11) is 0. The first-order valence-corrected chi connectivity index (χ1v) is 7.02. The second-order valence-corrected chi connectivity index (χ2v) is 5.37. The van der Waals surface area contributed by atoms with Gasteiger partial charge in [-0.2, -0.15) is 0 Å².